The zero-order valence-corrected chi connectivity index (χ0v) is 12.4. The molecule has 0 aromatic carbocycles. The van der Waals surface area contributed by atoms with Gasteiger partial charge in [-0.25, -0.2) is 0 Å². The number of carboxylic acid groups (broad SMARTS) is 1. The third-order valence-electron chi connectivity index (χ3n) is 0.385. The monoisotopic (exact) mass is 367 g/mol. The van der Waals surface area contributed by atoms with Gasteiger partial charge in [0.05, 0.1) is 20.7 Å². The molecule has 0 aromatic rings. The van der Waals surface area contributed by atoms with Gasteiger partial charge in [-0.05, 0) is 0 Å². The van der Waals surface area contributed by atoms with E-state index in [1.54, 1.807) is 0 Å². The van der Waals surface area contributed by atoms with E-state index >= 15 is 0 Å². The molecule has 10 nitrogen and oxygen atoms in total. The second kappa shape index (κ2) is 26.8. The van der Waals surface area contributed by atoms with Crippen LogP contribution in [-0.2, 0) is 21.6 Å². The van der Waals surface area contributed by atoms with E-state index in [0.29, 0.717) is 0 Å². The Labute approximate surface area is 129 Å². The molecule has 0 aliphatic heterocycles. The van der Waals surface area contributed by atoms with Gasteiger partial charge in [-0.1, -0.05) is 0 Å². The number of rotatable bonds is 3. The minimum atomic E-state index is -4.69. The van der Waals surface area contributed by atoms with Crippen LogP contribution in [0.4, 0.5) is 0 Å². The van der Waals surface area contributed by atoms with Crippen molar-refractivity contribution < 1.29 is 55.6 Å². The summed E-state index contributed by atoms with van der Waals surface area (Å²) in [6, 6.07) is 0. The van der Waals surface area contributed by atoms with Crippen molar-refractivity contribution in [2.45, 2.75) is 0 Å². The molecule has 0 aliphatic rings. The number of nitrogens with one attached hydrogen (secondary N) is 4. The number of carbonyl (C=O) groups is 1. The molecule has 13 heteroatoms. The molecule has 0 fully saturated rings. The van der Waals surface area contributed by atoms with Crippen LogP contribution in [-0.4, -0.2) is 47.7 Å². The van der Waals surface area contributed by atoms with Gasteiger partial charge in [-0.3, -0.25) is 4.79 Å². The van der Waals surface area contributed by atoms with Crippen LogP contribution in [0, 0.1) is 10.2 Å². The third kappa shape index (κ3) is 263. The molecule has 0 spiro atoms. The Hall–Kier alpha value is 0.296. The maximum atomic E-state index is 9.29. The van der Waals surface area contributed by atoms with Crippen molar-refractivity contribution in [3.63, 3.8) is 0 Å². The van der Waals surface area contributed by atoms with Gasteiger partial charge in [-0.15, -0.1) is 0 Å². The second-order valence-electron chi connectivity index (χ2n) is 1.95. The van der Waals surface area contributed by atoms with E-state index < -0.39 is 16.2 Å². The Morgan fingerprint density at radius 3 is 1.11 bits per heavy atom. The van der Waals surface area contributed by atoms with Crippen molar-refractivity contribution in [3.05, 3.63) is 22.9 Å². The van der Waals surface area contributed by atoms with E-state index in [1.807, 2.05) is 0 Å². The fourth-order valence-corrected chi connectivity index (χ4v) is 0. The van der Waals surface area contributed by atoms with Crippen molar-refractivity contribution in [2.24, 2.45) is 0 Å². The minimum Gasteiger partial charge on any atom is -0.679 e. The number of halogens is 1. The van der Waals surface area contributed by atoms with Crippen molar-refractivity contribution in [2.75, 3.05) is 31.9 Å². The van der Waals surface area contributed by atoms with Crippen molar-refractivity contribution >= 4 is 18.6 Å². The molecule has 0 aromatic heterocycles. The average molecular weight is 368 g/mol. The van der Waals surface area contributed by atoms with Crippen LogP contribution in [0.25, 0.3) is 22.9 Å². The summed E-state index contributed by atoms with van der Waals surface area (Å²) in [6.45, 7) is 0.944. The molecule has 0 bridgehead atoms. The predicted molar refractivity (Wildman–Crippen MR) is 60.5 cm³/mol. The van der Waals surface area contributed by atoms with Gasteiger partial charge in [-0.2, -0.15) is 52.8 Å². The molecule has 0 heterocycles. The van der Waals surface area contributed by atoms with E-state index in [2.05, 4.69) is 12.6 Å². The van der Waals surface area contributed by atoms with Gasteiger partial charge in [0.1, 0.15) is 0 Å². The van der Waals surface area contributed by atoms with Crippen LogP contribution in [0.1, 0.15) is 0 Å². The second-order valence-corrected chi connectivity index (χ2v) is 3.06. The number of hydrogen-bond donors (Lipinski definition) is 3. The summed E-state index contributed by atoms with van der Waals surface area (Å²) in [7, 11) is -4.69. The summed E-state index contributed by atoms with van der Waals surface area (Å²) in [5.74, 6) is -0.965. The van der Waals surface area contributed by atoms with Gasteiger partial charge >= 0.3 is 22.7 Å². The summed E-state index contributed by atoms with van der Waals surface area (Å²) >= 11 is 3.42. The molecule has 120 valence electrons. The van der Waals surface area contributed by atoms with Crippen molar-refractivity contribution in [1.29, 1.82) is 0 Å². The minimum absolute atomic E-state index is 0. The number of thiol groups is 1. The van der Waals surface area contributed by atoms with Crippen LogP contribution >= 0.6 is 12.6 Å². The molecular weight excluding hydrogens is 351 g/mol. The summed E-state index contributed by atoms with van der Waals surface area (Å²) < 4.78 is 32.7. The Morgan fingerprint density at radius 2 is 1.11 bits per heavy atom. The van der Waals surface area contributed by atoms with E-state index in [-0.39, 0.29) is 48.7 Å². The Morgan fingerprint density at radius 1 is 1.00 bits per heavy atom. The SMILES string of the molecule is O=C(O)CS.[Co+3].[NH-]CC[NH-].[NH-]CC[NH-].[O-][Cl+3]([O-])([O-])O. The third-order valence-corrected chi connectivity index (χ3v) is 0.656. The topological polar surface area (TPSA) is 222 Å². The van der Waals surface area contributed by atoms with Gasteiger partial charge in [0, 0.05) is 0 Å². The molecule has 0 rings (SSSR count). The van der Waals surface area contributed by atoms with E-state index in [1.165, 1.54) is 0 Å². The summed E-state index contributed by atoms with van der Waals surface area (Å²) in [5.41, 5.74) is 25.1. The van der Waals surface area contributed by atoms with Crippen molar-refractivity contribution in [3.8, 4) is 0 Å². The summed E-state index contributed by atoms with van der Waals surface area (Å²) in [4.78, 5) is 9.29. The predicted octanol–water partition coefficient (Wildman–Crippen LogP) is -1.94. The van der Waals surface area contributed by atoms with Gasteiger partial charge in [0.15, 0.2) is 0 Å². The maximum absolute atomic E-state index is 9.29. The molecule has 0 saturated heterocycles. The first-order valence-electron chi connectivity index (χ1n) is 4.14. The molecule has 0 saturated carbocycles. The van der Waals surface area contributed by atoms with Gasteiger partial charge < -0.3 is 28.0 Å². The zero-order valence-electron chi connectivity index (χ0n) is 9.72. The average Bonchev–Trinajstić information content (AvgIpc) is 2.27. The van der Waals surface area contributed by atoms with Crippen molar-refractivity contribution in [1.82, 2.24) is 0 Å². The van der Waals surface area contributed by atoms with E-state index in [4.69, 9.17) is 46.7 Å². The van der Waals surface area contributed by atoms with Crippen LogP contribution in [0.5, 0.6) is 0 Å². The van der Waals surface area contributed by atoms with Crippen LogP contribution in [0.15, 0.2) is 0 Å². The Balaban J connectivity index is -0.0000000453. The van der Waals surface area contributed by atoms with Gasteiger partial charge in [0.25, 0.3) is 0 Å². The maximum Gasteiger partial charge on any atom is 3.00 e. The smallest absolute Gasteiger partial charge is 0.679 e. The van der Waals surface area contributed by atoms with E-state index in [9.17, 15) is 4.79 Å². The molecule has 19 heavy (non-hydrogen) atoms. The molecule has 0 atom stereocenters. The van der Waals surface area contributed by atoms with Crippen LogP contribution in [0.2, 0.25) is 0 Å². The first kappa shape index (κ1) is 31.6. The summed E-state index contributed by atoms with van der Waals surface area (Å²) in [6.07, 6.45) is 0. The van der Waals surface area contributed by atoms with Crippen LogP contribution in [0.3, 0.4) is 0 Å². The quantitative estimate of drug-likeness (QED) is 0.480. The first-order valence-corrected chi connectivity index (χ1v) is 6.04. The molecular formula is C6H17ClCoN4O6S-. The normalized spacial score (nSPS) is 8.26. The number of hydrogen-bond acceptors (Lipinski definition) is 6. The molecule has 0 amide bonds. The molecule has 0 radical (unpaired) electrons. The number of carboxylic acids is 1. The van der Waals surface area contributed by atoms with Gasteiger partial charge in [0.2, 0.25) is 0 Å². The fourth-order valence-electron chi connectivity index (χ4n) is 0. The first-order chi connectivity index (χ1) is 8.10. The molecule has 0 unspecified atom stereocenters. The Kier molecular flexibility index (Phi) is 44.5. The largest absolute Gasteiger partial charge is 3.00 e. The molecule has 6 N–H and O–H groups in total. The Bertz CT molecular complexity index is 153. The fraction of sp³-hybridized carbons (Fsp3) is 0.833. The standard InChI is InChI=1S/2C2H6N2.C2H4O2S.ClHO4.Co/c2*3-1-2-4;3-2(4)1-5;2-1(3,4)5;/h2*3-4H,1-2H2;5H,1H2,(H,3,4);(H,2,3,4,5);/q2*-2;;;+3. The van der Waals surface area contributed by atoms with E-state index in [0.717, 1.165) is 0 Å². The number of aliphatic carboxylic acids is 1. The summed E-state index contributed by atoms with van der Waals surface area (Å²) in [5, 5.41) is 7.65. The molecule has 0 aliphatic carbocycles. The van der Waals surface area contributed by atoms with Crippen LogP contribution < -0.4 is 14.0 Å². The zero-order chi connectivity index (χ0) is 15.6.